The summed E-state index contributed by atoms with van der Waals surface area (Å²) in [6, 6.07) is 1.81. The summed E-state index contributed by atoms with van der Waals surface area (Å²) in [4.78, 5) is 18.9. The van der Waals surface area contributed by atoms with Gasteiger partial charge in [0.25, 0.3) is 0 Å². The average molecular weight is 210 g/mol. The number of aromatic nitrogens is 2. The van der Waals surface area contributed by atoms with Crippen LogP contribution in [0.2, 0.25) is 0 Å². The second-order valence-corrected chi connectivity index (χ2v) is 3.30. The SMILES string of the molecule is COC(=O)C=CSc1nccc(C)n1. The van der Waals surface area contributed by atoms with Gasteiger partial charge in [0.2, 0.25) is 0 Å². The Hall–Kier alpha value is -1.36. The lowest BCUT2D eigenvalue weighted by atomic mass is 10.5. The highest BCUT2D eigenvalue weighted by Gasteiger charge is 1.95. The van der Waals surface area contributed by atoms with Crippen LogP contribution in [-0.2, 0) is 9.53 Å². The van der Waals surface area contributed by atoms with E-state index >= 15 is 0 Å². The zero-order chi connectivity index (χ0) is 10.4. The predicted molar refractivity (Wildman–Crippen MR) is 53.8 cm³/mol. The third kappa shape index (κ3) is 3.57. The number of carbonyl (C=O) groups excluding carboxylic acids is 1. The molecule has 1 aromatic rings. The van der Waals surface area contributed by atoms with Crippen LogP contribution in [0.1, 0.15) is 5.69 Å². The molecule has 1 rings (SSSR count). The van der Waals surface area contributed by atoms with Crippen LogP contribution in [-0.4, -0.2) is 23.0 Å². The van der Waals surface area contributed by atoms with Crippen molar-refractivity contribution in [3.8, 4) is 0 Å². The highest BCUT2D eigenvalue weighted by Crippen LogP contribution is 2.13. The second-order valence-electron chi connectivity index (χ2n) is 2.42. The van der Waals surface area contributed by atoms with E-state index < -0.39 is 0 Å². The first kappa shape index (κ1) is 10.7. The van der Waals surface area contributed by atoms with Crippen LogP contribution in [0.25, 0.3) is 0 Å². The molecule has 0 aliphatic heterocycles. The van der Waals surface area contributed by atoms with Crippen molar-refractivity contribution in [2.75, 3.05) is 7.11 Å². The van der Waals surface area contributed by atoms with Crippen molar-refractivity contribution in [1.82, 2.24) is 9.97 Å². The number of nitrogens with zero attached hydrogens (tertiary/aromatic N) is 2. The summed E-state index contributed by atoms with van der Waals surface area (Å²) in [5.41, 5.74) is 0.897. The van der Waals surface area contributed by atoms with E-state index in [0.717, 1.165) is 5.69 Å². The summed E-state index contributed by atoms with van der Waals surface area (Å²) in [5.74, 6) is -0.384. The van der Waals surface area contributed by atoms with Crippen LogP contribution in [0.5, 0.6) is 0 Å². The molecule has 0 aromatic carbocycles. The molecule has 1 heterocycles. The van der Waals surface area contributed by atoms with Crippen molar-refractivity contribution in [1.29, 1.82) is 0 Å². The molecular weight excluding hydrogens is 200 g/mol. The van der Waals surface area contributed by atoms with Crippen molar-refractivity contribution in [3.63, 3.8) is 0 Å². The minimum Gasteiger partial charge on any atom is -0.466 e. The van der Waals surface area contributed by atoms with Gasteiger partial charge < -0.3 is 4.74 Å². The normalized spacial score (nSPS) is 10.4. The molecule has 0 unspecified atom stereocenters. The highest BCUT2D eigenvalue weighted by atomic mass is 32.2. The minimum absolute atomic E-state index is 0.384. The lowest BCUT2D eigenvalue weighted by Gasteiger charge is -1.94. The maximum atomic E-state index is 10.7. The Kier molecular flexibility index (Phi) is 4.12. The molecule has 0 aliphatic carbocycles. The number of rotatable bonds is 3. The smallest absolute Gasteiger partial charge is 0.330 e. The van der Waals surface area contributed by atoms with Gasteiger partial charge in [0, 0.05) is 18.0 Å². The van der Waals surface area contributed by atoms with E-state index in [9.17, 15) is 4.79 Å². The van der Waals surface area contributed by atoms with Gasteiger partial charge in [-0.05, 0) is 18.4 Å². The van der Waals surface area contributed by atoms with E-state index in [1.54, 1.807) is 11.6 Å². The number of esters is 1. The van der Waals surface area contributed by atoms with Gasteiger partial charge in [0.05, 0.1) is 7.11 Å². The Bertz CT molecular complexity index is 352. The highest BCUT2D eigenvalue weighted by molar-refractivity contribution is 8.02. The van der Waals surface area contributed by atoms with Crippen molar-refractivity contribution < 1.29 is 9.53 Å². The van der Waals surface area contributed by atoms with Gasteiger partial charge in [0.15, 0.2) is 5.16 Å². The topological polar surface area (TPSA) is 52.1 Å². The van der Waals surface area contributed by atoms with Crippen LogP contribution >= 0.6 is 11.8 Å². The summed E-state index contributed by atoms with van der Waals surface area (Å²) in [6.45, 7) is 1.88. The van der Waals surface area contributed by atoms with Crippen molar-refractivity contribution >= 4 is 17.7 Å². The molecule has 0 saturated carbocycles. The fourth-order valence-electron chi connectivity index (χ4n) is 0.701. The summed E-state index contributed by atoms with van der Waals surface area (Å²) in [7, 11) is 1.33. The van der Waals surface area contributed by atoms with E-state index in [0.29, 0.717) is 5.16 Å². The fourth-order valence-corrected chi connectivity index (χ4v) is 1.32. The van der Waals surface area contributed by atoms with Gasteiger partial charge in [-0.15, -0.1) is 0 Å². The number of hydrogen-bond acceptors (Lipinski definition) is 5. The maximum Gasteiger partial charge on any atom is 0.330 e. The molecule has 0 saturated heterocycles. The fraction of sp³-hybridized carbons (Fsp3) is 0.222. The molecule has 0 amide bonds. The van der Waals surface area contributed by atoms with E-state index in [-0.39, 0.29) is 5.97 Å². The predicted octanol–water partition coefficient (Wildman–Crippen LogP) is 1.56. The Morgan fingerprint density at radius 1 is 1.64 bits per heavy atom. The Morgan fingerprint density at radius 2 is 2.43 bits per heavy atom. The standard InChI is InChI=1S/C9H10N2O2S/c1-7-3-5-10-9(11-7)14-6-4-8(12)13-2/h3-6H,1-2H3. The van der Waals surface area contributed by atoms with Crippen LogP contribution in [0.15, 0.2) is 28.9 Å². The van der Waals surface area contributed by atoms with Crippen LogP contribution < -0.4 is 0 Å². The molecule has 1 aromatic heterocycles. The molecule has 0 spiro atoms. The van der Waals surface area contributed by atoms with Crippen molar-refractivity contribution in [2.24, 2.45) is 0 Å². The van der Waals surface area contributed by atoms with Crippen LogP contribution in [0.4, 0.5) is 0 Å². The van der Waals surface area contributed by atoms with Crippen LogP contribution in [0, 0.1) is 6.92 Å². The van der Waals surface area contributed by atoms with Gasteiger partial charge in [-0.2, -0.15) is 0 Å². The Morgan fingerprint density at radius 3 is 3.07 bits per heavy atom. The summed E-state index contributed by atoms with van der Waals surface area (Å²) in [5, 5.41) is 2.21. The molecule has 0 atom stereocenters. The van der Waals surface area contributed by atoms with Crippen molar-refractivity contribution in [2.45, 2.75) is 12.1 Å². The van der Waals surface area contributed by atoms with Gasteiger partial charge in [0.1, 0.15) is 0 Å². The van der Waals surface area contributed by atoms with Gasteiger partial charge in [-0.1, -0.05) is 11.8 Å². The molecule has 0 radical (unpaired) electrons. The molecule has 0 aliphatic rings. The molecule has 4 nitrogen and oxygen atoms in total. The van der Waals surface area contributed by atoms with E-state index in [1.807, 2.05) is 13.0 Å². The molecule has 74 valence electrons. The van der Waals surface area contributed by atoms with E-state index in [4.69, 9.17) is 0 Å². The van der Waals surface area contributed by atoms with Gasteiger partial charge in [-0.25, -0.2) is 14.8 Å². The monoisotopic (exact) mass is 210 g/mol. The summed E-state index contributed by atoms with van der Waals surface area (Å²) < 4.78 is 4.43. The third-order valence-corrected chi connectivity index (χ3v) is 2.03. The average Bonchev–Trinajstić information content (AvgIpc) is 2.17. The number of ether oxygens (including phenoxy) is 1. The zero-order valence-electron chi connectivity index (χ0n) is 7.93. The largest absolute Gasteiger partial charge is 0.466 e. The number of carbonyl (C=O) groups is 1. The first-order chi connectivity index (χ1) is 6.72. The Balaban J connectivity index is 2.53. The second kappa shape index (κ2) is 5.39. The molecular formula is C9H10N2O2S. The molecule has 0 fully saturated rings. The number of thioether (sulfide) groups is 1. The first-order valence-corrected chi connectivity index (χ1v) is 4.81. The number of hydrogen-bond donors (Lipinski definition) is 0. The maximum absolute atomic E-state index is 10.7. The summed E-state index contributed by atoms with van der Waals surface area (Å²) in [6.07, 6.45) is 3.01. The molecule has 14 heavy (non-hydrogen) atoms. The van der Waals surface area contributed by atoms with Gasteiger partial charge >= 0.3 is 5.97 Å². The molecule has 0 N–H and O–H groups in total. The van der Waals surface area contributed by atoms with E-state index in [1.165, 1.54) is 24.9 Å². The van der Waals surface area contributed by atoms with Crippen molar-refractivity contribution in [3.05, 3.63) is 29.4 Å². The zero-order valence-corrected chi connectivity index (χ0v) is 8.75. The third-order valence-electron chi connectivity index (χ3n) is 1.35. The lowest BCUT2D eigenvalue weighted by Crippen LogP contribution is -1.93. The van der Waals surface area contributed by atoms with Gasteiger partial charge in [-0.3, -0.25) is 0 Å². The molecule has 0 bridgehead atoms. The minimum atomic E-state index is -0.384. The quantitative estimate of drug-likeness (QED) is 0.328. The number of aryl methyl sites for hydroxylation is 1. The summed E-state index contributed by atoms with van der Waals surface area (Å²) >= 11 is 1.27. The Labute approximate surface area is 86.4 Å². The first-order valence-electron chi connectivity index (χ1n) is 3.93. The lowest BCUT2D eigenvalue weighted by molar-refractivity contribution is -0.134. The van der Waals surface area contributed by atoms with E-state index in [2.05, 4.69) is 14.7 Å². The molecule has 5 heteroatoms. The van der Waals surface area contributed by atoms with Crippen LogP contribution in [0.3, 0.4) is 0 Å². The number of methoxy groups -OCH3 is 1.